The second kappa shape index (κ2) is 9.97. The number of carbonyl (C=O) groups is 1. The molecule has 0 unspecified atom stereocenters. The lowest BCUT2D eigenvalue weighted by atomic mass is 10.0. The highest BCUT2D eigenvalue weighted by atomic mass is 32.1. The molecule has 0 N–H and O–H groups in total. The van der Waals surface area contributed by atoms with Gasteiger partial charge in [0.25, 0.3) is 5.91 Å². The van der Waals surface area contributed by atoms with Crippen LogP contribution in [0.5, 0.6) is 11.5 Å². The summed E-state index contributed by atoms with van der Waals surface area (Å²) in [6.07, 6.45) is 0. The number of morpholine rings is 1. The first-order chi connectivity index (χ1) is 16.7. The van der Waals surface area contributed by atoms with Crippen molar-refractivity contribution < 1.29 is 19.0 Å². The summed E-state index contributed by atoms with van der Waals surface area (Å²) in [5, 5.41) is 2.69. The Hall–Kier alpha value is -3.20. The number of thiazole rings is 1. The lowest BCUT2D eigenvalue weighted by molar-refractivity contribution is 0.0391. The SMILES string of the molecule is COc1ccc2nc(N(CCN3CCOCC3)C(=O)c3cc4ccccc4cc3OC)sc2c1. The maximum atomic E-state index is 14.0. The number of methoxy groups -OCH3 is 2. The first kappa shape index (κ1) is 22.6. The van der Waals surface area contributed by atoms with Crippen molar-refractivity contribution in [1.29, 1.82) is 0 Å². The van der Waals surface area contributed by atoms with Crippen molar-refractivity contribution in [3.05, 3.63) is 60.2 Å². The molecule has 7 nitrogen and oxygen atoms in total. The van der Waals surface area contributed by atoms with Gasteiger partial charge >= 0.3 is 0 Å². The molecule has 4 aromatic rings. The number of aromatic nitrogens is 1. The van der Waals surface area contributed by atoms with Crippen LogP contribution in [0.2, 0.25) is 0 Å². The molecule has 0 bridgehead atoms. The van der Waals surface area contributed by atoms with Gasteiger partial charge in [-0.15, -0.1) is 0 Å². The van der Waals surface area contributed by atoms with Gasteiger partial charge in [-0.2, -0.15) is 0 Å². The molecule has 2 heterocycles. The smallest absolute Gasteiger partial charge is 0.263 e. The third kappa shape index (κ3) is 4.57. The summed E-state index contributed by atoms with van der Waals surface area (Å²) in [5.74, 6) is 1.20. The average molecular weight is 478 g/mol. The van der Waals surface area contributed by atoms with Crippen LogP contribution in [0.4, 0.5) is 5.13 Å². The number of nitrogens with zero attached hydrogens (tertiary/aromatic N) is 3. The first-order valence-corrected chi connectivity index (χ1v) is 12.1. The van der Waals surface area contributed by atoms with Gasteiger partial charge in [0, 0.05) is 26.2 Å². The fourth-order valence-electron chi connectivity index (χ4n) is 4.19. The van der Waals surface area contributed by atoms with E-state index in [0.29, 0.717) is 36.2 Å². The number of anilines is 1. The molecule has 176 valence electrons. The van der Waals surface area contributed by atoms with E-state index in [4.69, 9.17) is 19.2 Å². The summed E-state index contributed by atoms with van der Waals surface area (Å²) in [5.41, 5.74) is 1.37. The van der Waals surface area contributed by atoms with Gasteiger partial charge in [0.15, 0.2) is 5.13 Å². The third-order valence-corrected chi connectivity index (χ3v) is 7.14. The molecule has 1 aliphatic rings. The van der Waals surface area contributed by atoms with Crippen molar-refractivity contribution in [2.45, 2.75) is 0 Å². The normalized spacial score (nSPS) is 14.4. The predicted molar refractivity (Wildman–Crippen MR) is 136 cm³/mol. The standard InChI is InChI=1S/C26H27N3O4S/c1-31-20-7-8-22-24(17-20)34-26(27-22)29(10-9-28-11-13-33-14-12-28)25(30)21-15-18-5-3-4-6-19(18)16-23(21)32-2/h3-8,15-17H,9-14H2,1-2H3. The van der Waals surface area contributed by atoms with Gasteiger partial charge in [-0.1, -0.05) is 35.6 Å². The molecule has 5 rings (SSSR count). The maximum absolute atomic E-state index is 14.0. The summed E-state index contributed by atoms with van der Waals surface area (Å²) in [7, 11) is 3.25. The Balaban J connectivity index is 1.53. The molecule has 3 aromatic carbocycles. The van der Waals surface area contributed by atoms with Crippen LogP contribution in [-0.4, -0.2) is 69.4 Å². The minimum Gasteiger partial charge on any atom is -0.497 e. The summed E-state index contributed by atoms with van der Waals surface area (Å²) in [6, 6.07) is 17.6. The van der Waals surface area contributed by atoms with Crippen LogP contribution < -0.4 is 14.4 Å². The Morgan fingerprint density at radius 1 is 1.06 bits per heavy atom. The van der Waals surface area contributed by atoms with E-state index in [1.807, 2.05) is 54.6 Å². The van der Waals surface area contributed by atoms with Crippen LogP contribution in [0.25, 0.3) is 21.0 Å². The molecule has 0 spiro atoms. The van der Waals surface area contributed by atoms with Gasteiger partial charge in [0.05, 0.1) is 43.2 Å². The Labute approximate surface area is 202 Å². The topological polar surface area (TPSA) is 64.1 Å². The molecular weight excluding hydrogens is 450 g/mol. The number of amides is 1. The van der Waals surface area contributed by atoms with Crippen LogP contribution in [0.15, 0.2) is 54.6 Å². The summed E-state index contributed by atoms with van der Waals surface area (Å²) in [4.78, 5) is 22.9. The van der Waals surface area contributed by atoms with E-state index >= 15 is 0 Å². The number of rotatable bonds is 7. The molecule has 34 heavy (non-hydrogen) atoms. The Morgan fingerprint density at radius 3 is 2.56 bits per heavy atom. The van der Waals surface area contributed by atoms with Gasteiger partial charge in [0.2, 0.25) is 0 Å². The monoisotopic (exact) mass is 477 g/mol. The van der Waals surface area contributed by atoms with Crippen LogP contribution in [0, 0.1) is 0 Å². The van der Waals surface area contributed by atoms with E-state index in [1.54, 1.807) is 19.1 Å². The van der Waals surface area contributed by atoms with E-state index in [1.165, 1.54) is 11.3 Å². The van der Waals surface area contributed by atoms with E-state index in [0.717, 1.165) is 46.4 Å². The number of ether oxygens (including phenoxy) is 3. The lowest BCUT2D eigenvalue weighted by Crippen LogP contribution is -2.43. The van der Waals surface area contributed by atoms with Gasteiger partial charge in [-0.25, -0.2) is 4.98 Å². The zero-order valence-corrected chi connectivity index (χ0v) is 20.1. The first-order valence-electron chi connectivity index (χ1n) is 11.3. The van der Waals surface area contributed by atoms with Gasteiger partial charge in [-0.3, -0.25) is 14.6 Å². The van der Waals surface area contributed by atoms with Crippen molar-refractivity contribution in [3.63, 3.8) is 0 Å². The van der Waals surface area contributed by atoms with Crippen molar-refractivity contribution in [2.24, 2.45) is 0 Å². The summed E-state index contributed by atoms with van der Waals surface area (Å²) in [6.45, 7) is 4.41. The van der Waals surface area contributed by atoms with Crippen molar-refractivity contribution in [1.82, 2.24) is 9.88 Å². The zero-order chi connectivity index (χ0) is 23.5. The Kier molecular flexibility index (Phi) is 6.62. The number of carbonyl (C=O) groups excluding carboxylic acids is 1. The van der Waals surface area contributed by atoms with Crippen molar-refractivity contribution in [3.8, 4) is 11.5 Å². The van der Waals surface area contributed by atoms with Gasteiger partial charge in [-0.05, 0) is 41.1 Å². The molecule has 1 aromatic heterocycles. The summed E-state index contributed by atoms with van der Waals surface area (Å²) >= 11 is 1.49. The lowest BCUT2D eigenvalue weighted by Gasteiger charge is -2.29. The Morgan fingerprint density at radius 2 is 1.82 bits per heavy atom. The molecule has 0 radical (unpaired) electrons. The minimum atomic E-state index is -0.123. The fourth-order valence-corrected chi connectivity index (χ4v) is 5.20. The number of fused-ring (bicyclic) bond motifs is 2. The number of benzene rings is 3. The van der Waals surface area contributed by atoms with Crippen LogP contribution >= 0.6 is 11.3 Å². The van der Waals surface area contributed by atoms with E-state index < -0.39 is 0 Å². The number of hydrogen-bond donors (Lipinski definition) is 0. The van der Waals surface area contributed by atoms with E-state index in [2.05, 4.69) is 4.90 Å². The van der Waals surface area contributed by atoms with Crippen LogP contribution in [0.3, 0.4) is 0 Å². The van der Waals surface area contributed by atoms with Crippen LogP contribution in [0.1, 0.15) is 10.4 Å². The number of hydrogen-bond acceptors (Lipinski definition) is 7. The fraction of sp³-hybridized carbons (Fsp3) is 0.308. The van der Waals surface area contributed by atoms with Crippen molar-refractivity contribution >= 4 is 43.4 Å². The highest BCUT2D eigenvalue weighted by Gasteiger charge is 2.25. The molecule has 8 heteroatoms. The molecule has 1 amide bonds. The van der Waals surface area contributed by atoms with Gasteiger partial charge in [0.1, 0.15) is 11.5 Å². The highest BCUT2D eigenvalue weighted by molar-refractivity contribution is 7.22. The zero-order valence-electron chi connectivity index (χ0n) is 19.3. The van der Waals surface area contributed by atoms with E-state index in [-0.39, 0.29) is 5.91 Å². The predicted octanol–water partition coefficient (Wildman–Crippen LogP) is 4.45. The summed E-state index contributed by atoms with van der Waals surface area (Å²) < 4.78 is 17.5. The second-order valence-electron chi connectivity index (χ2n) is 8.14. The molecule has 1 aliphatic heterocycles. The molecule has 1 fully saturated rings. The second-order valence-corrected chi connectivity index (χ2v) is 9.15. The molecular formula is C26H27N3O4S. The van der Waals surface area contributed by atoms with Crippen LogP contribution in [-0.2, 0) is 4.74 Å². The largest absolute Gasteiger partial charge is 0.497 e. The highest BCUT2D eigenvalue weighted by Crippen LogP contribution is 2.34. The maximum Gasteiger partial charge on any atom is 0.263 e. The quantitative estimate of drug-likeness (QED) is 0.392. The van der Waals surface area contributed by atoms with Gasteiger partial charge < -0.3 is 14.2 Å². The van der Waals surface area contributed by atoms with Crippen molar-refractivity contribution in [2.75, 3.05) is 58.5 Å². The third-order valence-electron chi connectivity index (χ3n) is 6.10. The molecule has 0 saturated carbocycles. The molecule has 0 atom stereocenters. The average Bonchev–Trinajstić information content (AvgIpc) is 3.31. The molecule has 0 aliphatic carbocycles. The molecule has 1 saturated heterocycles. The minimum absolute atomic E-state index is 0.123. The van der Waals surface area contributed by atoms with E-state index in [9.17, 15) is 4.79 Å². The Bertz CT molecular complexity index is 1320.